The van der Waals surface area contributed by atoms with Gasteiger partial charge in [-0.2, -0.15) is 5.26 Å². The topological polar surface area (TPSA) is 129 Å². The number of nitriles is 1. The van der Waals surface area contributed by atoms with Crippen molar-refractivity contribution in [2.75, 3.05) is 11.9 Å². The highest BCUT2D eigenvalue weighted by Crippen LogP contribution is 2.35. The number of hydrogen-bond acceptors (Lipinski definition) is 5. The maximum absolute atomic E-state index is 12.0. The fourth-order valence-corrected chi connectivity index (χ4v) is 3.77. The molecule has 0 aromatic heterocycles. The Labute approximate surface area is 183 Å². The van der Waals surface area contributed by atoms with Crippen molar-refractivity contribution in [2.45, 2.75) is 13.5 Å². The fraction of sp³-hybridized carbons (Fsp3) is 0.158. The van der Waals surface area contributed by atoms with Gasteiger partial charge in [0.15, 0.2) is 0 Å². The van der Waals surface area contributed by atoms with Gasteiger partial charge in [0.05, 0.1) is 20.6 Å². The lowest BCUT2D eigenvalue weighted by Crippen LogP contribution is -2.29. The number of carbonyl (C=O) groups is 3. The van der Waals surface area contributed by atoms with Crippen molar-refractivity contribution < 1.29 is 24.2 Å². The Morgan fingerprint density at radius 2 is 1.79 bits per heavy atom. The van der Waals surface area contributed by atoms with Crippen molar-refractivity contribution in [1.29, 1.82) is 5.26 Å². The van der Waals surface area contributed by atoms with Gasteiger partial charge in [-0.3, -0.25) is 14.4 Å². The van der Waals surface area contributed by atoms with Crippen LogP contribution in [0.3, 0.4) is 0 Å². The zero-order chi connectivity index (χ0) is 21.6. The van der Waals surface area contributed by atoms with Crippen LogP contribution in [-0.2, 0) is 16.2 Å². The first-order chi connectivity index (χ1) is 13.7. The number of hydrogen-bond donors (Lipinski definition) is 3. The second-order valence-electron chi connectivity index (χ2n) is 5.85. The molecule has 0 radical (unpaired) electrons. The second-order valence-corrected chi connectivity index (χ2v) is 7.55. The van der Waals surface area contributed by atoms with Crippen molar-refractivity contribution in [3.63, 3.8) is 0 Å². The first kappa shape index (κ1) is 22.4. The smallest absolute Gasteiger partial charge is 0.322 e. The minimum Gasteiger partial charge on any atom is -0.487 e. The summed E-state index contributed by atoms with van der Waals surface area (Å²) in [4.78, 5) is 33.9. The van der Waals surface area contributed by atoms with Crippen molar-refractivity contribution in [3.8, 4) is 11.8 Å². The van der Waals surface area contributed by atoms with Gasteiger partial charge in [-0.25, -0.2) is 0 Å². The molecule has 0 atom stereocenters. The summed E-state index contributed by atoms with van der Waals surface area (Å²) >= 11 is 6.67. The Morgan fingerprint density at radius 3 is 2.34 bits per heavy atom. The number of amides is 2. The molecule has 2 amide bonds. The van der Waals surface area contributed by atoms with E-state index in [-0.39, 0.29) is 18.1 Å². The van der Waals surface area contributed by atoms with Crippen molar-refractivity contribution in [2.24, 2.45) is 0 Å². The summed E-state index contributed by atoms with van der Waals surface area (Å²) in [6.45, 7) is 0.986. The molecule has 0 saturated carbocycles. The monoisotopic (exact) mass is 523 g/mol. The summed E-state index contributed by atoms with van der Waals surface area (Å²) in [5, 5.41) is 22.7. The van der Waals surface area contributed by atoms with Gasteiger partial charge in [-0.1, -0.05) is 0 Å². The highest BCUT2D eigenvalue weighted by atomic mass is 79.9. The van der Waals surface area contributed by atoms with Crippen LogP contribution in [0.2, 0.25) is 0 Å². The molecule has 29 heavy (non-hydrogen) atoms. The standard InChI is InChI=1S/C19H15Br2N3O5/c1-10(25)24-14-3-11(7-22)2-12(4-14)9-29-18-15(20)5-13(6-16(18)21)19(28)23-8-17(26)27/h2-6H,8-9H2,1H3,(H,23,28)(H,24,25)(H,26,27). The molecule has 2 rings (SSSR count). The molecule has 8 nitrogen and oxygen atoms in total. The Bertz CT molecular complexity index is 994. The van der Waals surface area contributed by atoms with Crippen LogP contribution in [-0.4, -0.2) is 29.4 Å². The average Bonchev–Trinajstić information content (AvgIpc) is 2.64. The molecule has 0 aliphatic heterocycles. The molecule has 0 spiro atoms. The van der Waals surface area contributed by atoms with E-state index < -0.39 is 18.4 Å². The fourth-order valence-electron chi connectivity index (χ4n) is 2.36. The molecular formula is C19H15Br2N3O5. The molecule has 0 heterocycles. The first-order valence-corrected chi connectivity index (χ1v) is 9.71. The molecular weight excluding hydrogens is 510 g/mol. The molecule has 0 aliphatic rings. The average molecular weight is 525 g/mol. The van der Waals surface area contributed by atoms with E-state index in [1.807, 2.05) is 6.07 Å². The van der Waals surface area contributed by atoms with Gasteiger partial charge in [-0.15, -0.1) is 0 Å². The molecule has 0 aliphatic carbocycles. The molecule has 0 fully saturated rings. The lowest BCUT2D eigenvalue weighted by atomic mass is 10.1. The molecule has 10 heteroatoms. The van der Waals surface area contributed by atoms with Gasteiger partial charge in [0.1, 0.15) is 18.9 Å². The van der Waals surface area contributed by atoms with Gasteiger partial charge in [-0.05, 0) is 67.8 Å². The number of halogens is 2. The van der Waals surface area contributed by atoms with E-state index in [9.17, 15) is 14.4 Å². The predicted octanol–water partition coefficient (Wildman–Crippen LogP) is 3.44. The summed E-state index contributed by atoms with van der Waals surface area (Å²) < 4.78 is 6.76. The van der Waals surface area contributed by atoms with Crippen LogP contribution >= 0.6 is 31.9 Å². The number of carbonyl (C=O) groups excluding carboxylic acids is 2. The Balaban J connectivity index is 2.19. The van der Waals surface area contributed by atoms with Crippen molar-refractivity contribution in [1.82, 2.24) is 5.32 Å². The molecule has 2 aromatic rings. The molecule has 0 saturated heterocycles. The van der Waals surface area contributed by atoms with Gasteiger partial charge >= 0.3 is 5.97 Å². The van der Waals surface area contributed by atoms with Crippen LogP contribution in [0.25, 0.3) is 0 Å². The Morgan fingerprint density at radius 1 is 1.14 bits per heavy atom. The number of carboxylic acid groups (broad SMARTS) is 1. The van der Waals surface area contributed by atoms with E-state index in [1.165, 1.54) is 19.1 Å². The van der Waals surface area contributed by atoms with Gasteiger partial charge in [0, 0.05) is 18.2 Å². The van der Waals surface area contributed by atoms with E-state index in [0.717, 1.165) is 0 Å². The number of carboxylic acids is 1. The third kappa shape index (κ3) is 6.58. The van der Waals surface area contributed by atoms with Crippen LogP contribution in [0, 0.1) is 11.3 Å². The lowest BCUT2D eigenvalue weighted by Gasteiger charge is -2.13. The van der Waals surface area contributed by atoms with Crippen LogP contribution in [0.15, 0.2) is 39.3 Å². The largest absolute Gasteiger partial charge is 0.487 e. The quantitative estimate of drug-likeness (QED) is 0.509. The predicted molar refractivity (Wildman–Crippen MR) is 112 cm³/mol. The van der Waals surface area contributed by atoms with E-state index in [4.69, 9.17) is 15.1 Å². The SMILES string of the molecule is CC(=O)Nc1cc(C#N)cc(COc2c(Br)cc(C(=O)NCC(=O)O)cc2Br)c1. The van der Waals surface area contributed by atoms with Gasteiger partial charge in [0.25, 0.3) is 5.91 Å². The molecule has 3 N–H and O–H groups in total. The minimum atomic E-state index is -1.14. The van der Waals surface area contributed by atoms with Gasteiger partial charge < -0.3 is 20.5 Å². The van der Waals surface area contributed by atoms with Gasteiger partial charge in [0.2, 0.25) is 5.91 Å². The Kier molecular flexibility index (Phi) is 7.75. The third-order valence-corrected chi connectivity index (χ3v) is 4.66. The molecule has 2 aromatic carbocycles. The number of aliphatic carboxylic acids is 1. The van der Waals surface area contributed by atoms with Crippen LogP contribution in [0.1, 0.15) is 28.4 Å². The summed E-state index contributed by atoms with van der Waals surface area (Å²) in [6.07, 6.45) is 0. The number of nitrogens with one attached hydrogen (secondary N) is 2. The number of benzene rings is 2. The highest BCUT2D eigenvalue weighted by molar-refractivity contribution is 9.11. The maximum Gasteiger partial charge on any atom is 0.322 e. The normalized spacial score (nSPS) is 10.0. The second kappa shape index (κ2) is 10.0. The van der Waals surface area contributed by atoms with E-state index >= 15 is 0 Å². The van der Waals surface area contributed by atoms with Crippen molar-refractivity contribution >= 4 is 55.3 Å². The number of anilines is 1. The summed E-state index contributed by atoms with van der Waals surface area (Å²) in [5.74, 6) is -1.52. The van der Waals surface area contributed by atoms with Crippen LogP contribution < -0.4 is 15.4 Å². The molecule has 0 unspecified atom stereocenters. The number of nitrogens with zero attached hydrogens (tertiary/aromatic N) is 1. The number of ether oxygens (including phenoxy) is 1. The molecule has 150 valence electrons. The summed E-state index contributed by atoms with van der Waals surface area (Å²) in [5.41, 5.74) is 1.77. The first-order valence-electron chi connectivity index (χ1n) is 8.13. The zero-order valence-corrected chi connectivity index (χ0v) is 18.3. The van der Waals surface area contributed by atoms with Crippen LogP contribution in [0.5, 0.6) is 5.75 Å². The lowest BCUT2D eigenvalue weighted by molar-refractivity contribution is -0.135. The summed E-state index contributed by atoms with van der Waals surface area (Å²) in [6, 6.07) is 9.93. The summed E-state index contributed by atoms with van der Waals surface area (Å²) in [7, 11) is 0. The zero-order valence-electron chi connectivity index (χ0n) is 15.1. The van der Waals surface area contributed by atoms with E-state index in [0.29, 0.717) is 31.5 Å². The highest BCUT2D eigenvalue weighted by Gasteiger charge is 2.15. The van der Waals surface area contributed by atoms with E-state index in [1.54, 1.807) is 18.2 Å². The minimum absolute atomic E-state index is 0.101. The van der Waals surface area contributed by atoms with Crippen LogP contribution in [0.4, 0.5) is 5.69 Å². The third-order valence-electron chi connectivity index (χ3n) is 3.49. The van der Waals surface area contributed by atoms with Crippen molar-refractivity contribution in [3.05, 3.63) is 56.0 Å². The maximum atomic E-state index is 12.0. The van der Waals surface area contributed by atoms with E-state index in [2.05, 4.69) is 42.5 Å². The number of rotatable bonds is 7. The molecule has 0 bridgehead atoms. The Hall–Kier alpha value is -2.90.